The Morgan fingerprint density at radius 3 is 1.60 bits per heavy atom. The first kappa shape index (κ1) is 56.4. The molecule has 0 amide bonds. The Kier molecular flexibility index (Phi) is 24.1. The smallest absolute Gasteiger partial charge is 0.434 e. The molecule has 21 nitrogen and oxygen atoms in total. The van der Waals surface area contributed by atoms with Gasteiger partial charge in [-0.15, -0.1) is 0 Å². The van der Waals surface area contributed by atoms with Gasteiger partial charge in [-0.3, -0.25) is 27.9 Å². The number of rotatable bonds is 32. The van der Waals surface area contributed by atoms with Crippen LogP contribution in [0.1, 0.15) is 127 Å². The molecule has 0 fully saturated rings. The number of aromatic nitrogens is 2. The number of nitrogens with zero attached hydrogens (tertiary/aromatic N) is 1. The van der Waals surface area contributed by atoms with E-state index in [1.807, 2.05) is 0 Å². The van der Waals surface area contributed by atoms with Gasteiger partial charge in [0, 0.05) is 11.8 Å². The molecule has 4 atom stereocenters. The number of carbonyl (C=O) groups excluding carboxylic acids is 2. The minimum atomic E-state index is -5.84. The average molecular weight is 1020 g/mol. The van der Waals surface area contributed by atoms with Gasteiger partial charge >= 0.3 is 41.5 Å². The van der Waals surface area contributed by atoms with E-state index >= 15 is 0 Å². The van der Waals surface area contributed by atoms with Gasteiger partial charge in [0.2, 0.25) is 0 Å². The van der Waals surface area contributed by atoms with Crippen LogP contribution in [0.15, 0.2) is 76.5 Å². The maximum Gasteiger partial charge on any atom is 0.513 e. The number of benzene rings is 2. The van der Waals surface area contributed by atoms with Crippen molar-refractivity contribution in [3.63, 3.8) is 0 Å². The summed E-state index contributed by atoms with van der Waals surface area (Å²) in [5, 5.41) is 0. The summed E-state index contributed by atoms with van der Waals surface area (Å²) in [7, 11) is -16.5. The number of aromatic amines is 1. The van der Waals surface area contributed by atoms with Crippen molar-refractivity contribution in [3.8, 4) is 11.5 Å². The predicted octanol–water partition coefficient (Wildman–Crippen LogP) is 10.6. The second kappa shape index (κ2) is 29.1. The Morgan fingerprint density at radius 1 is 0.647 bits per heavy atom. The Bertz CT molecular complexity index is 2230. The normalized spacial score (nSPS) is 16.5. The number of hydrogen-bond donors (Lipinski definition) is 3. The first-order valence-electron chi connectivity index (χ1n) is 22.6. The molecule has 0 radical (unpaired) electrons. The zero-order valence-corrected chi connectivity index (χ0v) is 41.2. The molecule has 3 aromatic rings. The molecular weight excluding hydrogens is 953 g/mol. The van der Waals surface area contributed by atoms with Crippen molar-refractivity contribution in [3.05, 3.63) is 104 Å². The zero-order valence-electron chi connectivity index (χ0n) is 38.6. The fraction of sp³-hybridized carbons (Fsp3) is 0.545. The summed E-state index contributed by atoms with van der Waals surface area (Å²) in [6.07, 6.45) is 14.8. The van der Waals surface area contributed by atoms with E-state index in [9.17, 15) is 42.7 Å². The minimum Gasteiger partial charge on any atom is -0.434 e. The molecule has 0 bridgehead atoms. The second-order valence-corrected chi connectivity index (χ2v) is 20.6. The molecular formula is C44H63N2O19P3. The zero-order chi connectivity index (χ0) is 49.4. The molecule has 2 heterocycles. The van der Waals surface area contributed by atoms with Crippen LogP contribution in [-0.2, 0) is 63.3 Å². The van der Waals surface area contributed by atoms with Gasteiger partial charge in [0.25, 0.3) is 5.56 Å². The summed E-state index contributed by atoms with van der Waals surface area (Å²) in [5.41, 5.74) is -0.592. The van der Waals surface area contributed by atoms with Gasteiger partial charge in [0.05, 0.1) is 33.0 Å². The van der Waals surface area contributed by atoms with Gasteiger partial charge in [-0.05, 0) is 61.2 Å². The highest BCUT2D eigenvalue weighted by Gasteiger charge is 2.44. The number of phosphoric ester groups is 2. The van der Waals surface area contributed by atoms with E-state index in [2.05, 4.69) is 23.1 Å². The fourth-order valence-corrected chi connectivity index (χ4v) is 10.4. The van der Waals surface area contributed by atoms with Crippen molar-refractivity contribution < 1.29 is 78.9 Å². The van der Waals surface area contributed by atoms with Crippen molar-refractivity contribution in [1.82, 2.24) is 9.55 Å². The highest BCUT2D eigenvalue weighted by atomic mass is 31.3. The van der Waals surface area contributed by atoms with Gasteiger partial charge in [-0.1, -0.05) is 121 Å². The molecule has 1 aliphatic heterocycles. The second-order valence-electron chi connectivity index (χ2n) is 15.8. The van der Waals surface area contributed by atoms with E-state index in [0.29, 0.717) is 12.8 Å². The van der Waals surface area contributed by atoms with E-state index in [1.165, 1.54) is 99.5 Å². The number of unbranched alkanes of at least 4 members (excludes halogenated alkanes) is 12. The Balaban J connectivity index is 1.34. The van der Waals surface area contributed by atoms with Crippen LogP contribution in [0.5, 0.6) is 11.5 Å². The van der Waals surface area contributed by atoms with Crippen LogP contribution in [0.3, 0.4) is 0 Å². The van der Waals surface area contributed by atoms with E-state index in [1.54, 1.807) is 0 Å². The van der Waals surface area contributed by atoms with Crippen molar-refractivity contribution in [2.45, 2.75) is 136 Å². The van der Waals surface area contributed by atoms with Crippen molar-refractivity contribution in [2.24, 2.45) is 0 Å². The summed E-state index contributed by atoms with van der Waals surface area (Å²) >= 11 is 0. The summed E-state index contributed by atoms with van der Waals surface area (Å²) in [4.78, 5) is 71.5. The van der Waals surface area contributed by atoms with Crippen molar-refractivity contribution in [2.75, 3.05) is 19.8 Å². The number of hydrogen-bond acceptors (Lipinski definition) is 17. The van der Waals surface area contributed by atoms with Crippen LogP contribution in [0, 0.1) is 6.92 Å². The summed E-state index contributed by atoms with van der Waals surface area (Å²) in [6, 6.07) is 11.2. The minimum absolute atomic E-state index is 0.115. The van der Waals surface area contributed by atoms with Crippen molar-refractivity contribution >= 4 is 35.8 Å². The lowest BCUT2D eigenvalue weighted by atomic mass is 10.1. The monoisotopic (exact) mass is 1020 g/mol. The molecule has 2 aromatic carbocycles. The highest BCUT2D eigenvalue weighted by molar-refractivity contribution is 7.67. The van der Waals surface area contributed by atoms with Crippen LogP contribution in [-0.4, -0.2) is 57.6 Å². The molecule has 0 aliphatic carbocycles. The predicted molar refractivity (Wildman–Crippen MR) is 247 cm³/mol. The summed E-state index contributed by atoms with van der Waals surface area (Å²) < 4.78 is 92.2. The molecule has 4 rings (SSSR count). The first-order chi connectivity index (χ1) is 32.5. The fourth-order valence-electron chi connectivity index (χ4n) is 6.36. The quantitative estimate of drug-likeness (QED) is 0.0172. The molecule has 2 unspecified atom stereocenters. The third kappa shape index (κ3) is 21.6. The Hall–Kier alpha value is -4.23. The third-order valence-electron chi connectivity index (χ3n) is 10.00. The van der Waals surface area contributed by atoms with Gasteiger partial charge in [0.15, 0.2) is 6.23 Å². The van der Waals surface area contributed by atoms with Crippen LogP contribution in [0.4, 0.5) is 9.59 Å². The van der Waals surface area contributed by atoms with Gasteiger partial charge in [-0.25, -0.2) is 28.1 Å². The van der Waals surface area contributed by atoms with E-state index in [4.69, 9.17) is 41.6 Å². The van der Waals surface area contributed by atoms with Crippen LogP contribution < -0.4 is 20.7 Å². The standard InChI is InChI=1S/C44H63N2O19P3/c1-4-6-8-10-12-14-16-28-56-43(49)62-37-22-18-35(19-23-37)31-59-68(55,60-32-36-20-24-38(25-21-36)63-44(50)57-29-17-15-13-11-9-7-5-2)65-67(53,54)64-66(51,52)58-33-39-26-27-40(61-39)46-30-34(3)41(47)45-42(46)48/h18-27,30,39-40H,4-17,28-29,31-33H2,1-3H3,(H,51,52)(H,53,54)(H,45,47,48)/t39-,40+/m0/s1. The molecule has 378 valence electrons. The lowest BCUT2D eigenvalue weighted by Crippen LogP contribution is -2.33. The Labute approximate surface area is 395 Å². The largest absolute Gasteiger partial charge is 0.513 e. The van der Waals surface area contributed by atoms with E-state index in [-0.39, 0.29) is 41.4 Å². The van der Waals surface area contributed by atoms with Crippen LogP contribution in [0.25, 0.3) is 0 Å². The summed E-state index contributed by atoms with van der Waals surface area (Å²) in [6.45, 7) is 4.24. The van der Waals surface area contributed by atoms with Gasteiger partial charge in [0.1, 0.15) is 17.6 Å². The van der Waals surface area contributed by atoms with Gasteiger partial charge in [-0.2, -0.15) is 8.62 Å². The van der Waals surface area contributed by atoms with Crippen LogP contribution in [0.2, 0.25) is 0 Å². The molecule has 0 saturated heterocycles. The molecule has 68 heavy (non-hydrogen) atoms. The lowest BCUT2D eigenvalue weighted by molar-refractivity contribution is -0.0105. The number of H-pyrrole nitrogens is 1. The van der Waals surface area contributed by atoms with Gasteiger partial charge < -0.3 is 33.5 Å². The maximum atomic E-state index is 14.0. The number of carbonyl (C=O) groups is 2. The molecule has 3 N–H and O–H groups in total. The molecule has 1 aromatic heterocycles. The summed E-state index contributed by atoms with van der Waals surface area (Å²) in [5.74, 6) is 0.230. The SMILES string of the molecule is CCCCCCCCCOC(=O)Oc1ccc(COP(=O)(OCc2ccc(OC(=O)OCCCCCCCCC)cc2)OP(=O)(O)OP(=O)(O)OC[C@@H]2C=C[C@H](n3cc(C)c(=O)[nH]c3=O)O2)cc1. The van der Waals surface area contributed by atoms with E-state index in [0.717, 1.165) is 55.9 Å². The van der Waals surface area contributed by atoms with Crippen molar-refractivity contribution in [1.29, 1.82) is 0 Å². The molecule has 0 spiro atoms. The Morgan fingerprint density at radius 2 is 1.12 bits per heavy atom. The molecule has 24 heteroatoms. The van der Waals surface area contributed by atoms with Crippen LogP contribution >= 0.6 is 23.5 Å². The number of nitrogens with one attached hydrogen (secondary N) is 1. The first-order valence-corrected chi connectivity index (χ1v) is 27.1. The topological polar surface area (TPSA) is 273 Å². The van der Waals surface area contributed by atoms with E-state index < -0.39 is 79.2 Å². The maximum absolute atomic E-state index is 14.0. The third-order valence-corrected chi connectivity index (χ3v) is 14.6. The number of ether oxygens (including phenoxy) is 5. The molecule has 1 aliphatic rings. The number of phosphoric acid groups is 3. The highest BCUT2D eigenvalue weighted by Crippen LogP contribution is 2.69. The average Bonchev–Trinajstić information content (AvgIpc) is 3.77. The molecule has 0 saturated carbocycles. The number of aryl methyl sites for hydroxylation is 1. The lowest BCUT2D eigenvalue weighted by Gasteiger charge is -2.22.